The molecule has 1 aromatic heterocycles. The first kappa shape index (κ1) is 26.6. The third-order valence-corrected chi connectivity index (χ3v) is 9.14. The maximum atomic E-state index is 13.7. The van der Waals surface area contributed by atoms with E-state index in [1.165, 1.54) is 29.0 Å². The monoisotopic (exact) mass is 517 g/mol. The number of carbonyl (C=O) groups excluding carboxylic acids is 1. The topological polar surface area (TPSA) is 86.7 Å². The summed E-state index contributed by atoms with van der Waals surface area (Å²) in [6.07, 6.45) is 5.87. The van der Waals surface area contributed by atoms with Gasteiger partial charge in [0.2, 0.25) is 10.0 Å². The van der Waals surface area contributed by atoms with Crippen molar-refractivity contribution in [3.63, 3.8) is 0 Å². The lowest BCUT2D eigenvalue weighted by Gasteiger charge is -2.50. The molecule has 2 aliphatic heterocycles. The highest BCUT2D eigenvalue weighted by atomic mass is 32.2. The summed E-state index contributed by atoms with van der Waals surface area (Å²) in [6.45, 7) is 9.01. The van der Waals surface area contributed by atoms with Crippen molar-refractivity contribution < 1.29 is 17.6 Å². The zero-order valence-corrected chi connectivity index (χ0v) is 22.4. The second-order valence-corrected chi connectivity index (χ2v) is 12.3. The van der Waals surface area contributed by atoms with Crippen LogP contribution in [0.3, 0.4) is 0 Å². The van der Waals surface area contributed by atoms with Gasteiger partial charge in [-0.05, 0) is 64.2 Å². The lowest BCUT2D eigenvalue weighted by Crippen LogP contribution is -2.58. The van der Waals surface area contributed by atoms with Gasteiger partial charge in [0.1, 0.15) is 12.1 Å². The molecule has 2 fully saturated rings. The van der Waals surface area contributed by atoms with E-state index >= 15 is 0 Å². The van der Waals surface area contributed by atoms with Gasteiger partial charge in [-0.1, -0.05) is 12.1 Å². The molecule has 0 aliphatic carbocycles. The number of hydrogen-bond donors (Lipinski definition) is 0. The molecule has 4 rings (SSSR count). The molecule has 8 nitrogen and oxygen atoms in total. The fourth-order valence-electron chi connectivity index (χ4n) is 5.59. The van der Waals surface area contributed by atoms with Crippen LogP contribution < -0.4 is 0 Å². The standard InChI is InChI=1S/C26H36FN5O3S/c1-19-24(20(2)29-18-28-19)25(33)30-14-10-26(3,11-15-30)31-12-8-23(9-13-31)32(36(4,34)35)17-21-6-5-7-22(27)16-21/h5-7,16,18,23H,8-15,17H2,1-4H3. The Morgan fingerprint density at radius 1 is 1.11 bits per heavy atom. The van der Waals surface area contributed by atoms with E-state index in [0.29, 0.717) is 35.6 Å². The number of carbonyl (C=O) groups is 1. The number of hydrogen-bond acceptors (Lipinski definition) is 6. The van der Waals surface area contributed by atoms with Crippen molar-refractivity contribution in [2.75, 3.05) is 32.4 Å². The molecule has 0 spiro atoms. The molecule has 2 aliphatic rings. The van der Waals surface area contributed by atoms with E-state index in [-0.39, 0.29) is 29.8 Å². The van der Waals surface area contributed by atoms with E-state index in [1.807, 2.05) is 18.7 Å². The molecular formula is C26H36FN5O3S. The predicted octanol–water partition coefficient (Wildman–Crippen LogP) is 3.15. The minimum Gasteiger partial charge on any atom is -0.338 e. The third kappa shape index (κ3) is 5.76. The van der Waals surface area contributed by atoms with Gasteiger partial charge < -0.3 is 4.90 Å². The first-order valence-corrected chi connectivity index (χ1v) is 14.4. The number of halogens is 1. The van der Waals surface area contributed by atoms with Crippen LogP contribution in [0.1, 0.15) is 59.9 Å². The van der Waals surface area contributed by atoms with Crippen LogP contribution in [-0.4, -0.2) is 82.4 Å². The van der Waals surface area contributed by atoms with Crippen molar-refractivity contribution in [2.24, 2.45) is 0 Å². The van der Waals surface area contributed by atoms with Crippen LogP contribution >= 0.6 is 0 Å². The normalized spacial score (nSPS) is 19.6. The Kier molecular flexibility index (Phi) is 7.78. The van der Waals surface area contributed by atoms with Crippen molar-refractivity contribution in [3.8, 4) is 0 Å². The number of benzene rings is 1. The molecule has 1 amide bonds. The second kappa shape index (κ2) is 10.5. The van der Waals surface area contributed by atoms with Crippen molar-refractivity contribution in [1.82, 2.24) is 24.1 Å². The Hall–Kier alpha value is -2.43. The van der Waals surface area contributed by atoms with E-state index < -0.39 is 10.0 Å². The van der Waals surface area contributed by atoms with Crippen LogP contribution in [0, 0.1) is 19.7 Å². The molecular weight excluding hydrogens is 481 g/mol. The Morgan fingerprint density at radius 2 is 1.72 bits per heavy atom. The lowest BCUT2D eigenvalue weighted by atomic mass is 9.85. The second-order valence-electron chi connectivity index (χ2n) is 10.4. The molecule has 2 saturated heterocycles. The highest BCUT2D eigenvalue weighted by molar-refractivity contribution is 7.88. The van der Waals surface area contributed by atoms with Gasteiger partial charge in [0.05, 0.1) is 23.2 Å². The van der Waals surface area contributed by atoms with E-state index in [2.05, 4.69) is 21.8 Å². The summed E-state index contributed by atoms with van der Waals surface area (Å²) in [4.78, 5) is 25.9. The van der Waals surface area contributed by atoms with E-state index in [9.17, 15) is 17.6 Å². The summed E-state index contributed by atoms with van der Waals surface area (Å²) in [5, 5.41) is 0. The van der Waals surface area contributed by atoms with Gasteiger partial charge in [-0.2, -0.15) is 4.31 Å². The van der Waals surface area contributed by atoms with Gasteiger partial charge in [-0.3, -0.25) is 9.69 Å². The zero-order valence-electron chi connectivity index (χ0n) is 21.6. The number of likely N-dealkylation sites (tertiary alicyclic amines) is 2. The van der Waals surface area contributed by atoms with E-state index in [4.69, 9.17) is 0 Å². The molecule has 0 radical (unpaired) electrons. The Labute approximate surface area is 213 Å². The highest BCUT2D eigenvalue weighted by Crippen LogP contribution is 2.33. The molecule has 0 N–H and O–H groups in total. The molecule has 10 heteroatoms. The van der Waals surface area contributed by atoms with Crippen molar-refractivity contribution in [2.45, 2.75) is 64.6 Å². The third-order valence-electron chi connectivity index (χ3n) is 7.86. The van der Waals surface area contributed by atoms with Crippen LogP contribution in [0.5, 0.6) is 0 Å². The van der Waals surface area contributed by atoms with Gasteiger partial charge >= 0.3 is 0 Å². The van der Waals surface area contributed by atoms with Crippen LogP contribution in [0.4, 0.5) is 4.39 Å². The fraction of sp³-hybridized carbons (Fsp3) is 0.577. The maximum absolute atomic E-state index is 13.7. The van der Waals surface area contributed by atoms with Crippen LogP contribution in [0.15, 0.2) is 30.6 Å². The Balaban J connectivity index is 1.37. The summed E-state index contributed by atoms with van der Waals surface area (Å²) in [5.74, 6) is -0.369. The summed E-state index contributed by atoms with van der Waals surface area (Å²) in [6, 6.07) is 6.01. The van der Waals surface area contributed by atoms with Gasteiger partial charge in [0.15, 0.2) is 0 Å². The van der Waals surface area contributed by atoms with Crippen molar-refractivity contribution in [3.05, 3.63) is 58.9 Å². The average molecular weight is 518 g/mol. The van der Waals surface area contributed by atoms with Crippen molar-refractivity contribution >= 4 is 15.9 Å². The molecule has 0 unspecified atom stereocenters. The minimum absolute atomic E-state index is 0.00694. The molecule has 0 atom stereocenters. The number of amides is 1. The van der Waals surface area contributed by atoms with Crippen molar-refractivity contribution in [1.29, 1.82) is 0 Å². The van der Waals surface area contributed by atoms with E-state index in [0.717, 1.165) is 38.8 Å². The molecule has 3 heterocycles. The molecule has 0 bridgehead atoms. The molecule has 0 saturated carbocycles. The van der Waals surface area contributed by atoms with Gasteiger partial charge in [-0.15, -0.1) is 0 Å². The zero-order chi connectivity index (χ0) is 26.1. The van der Waals surface area contributed by atoms with Crippen LogP contribution in [0.25, 0.3) is 0 Å². The Morgan fingerprint density at radius 3 is 2.28 bits per heavy atom. The number of sulfonamides is 1. The summed E-state index contributed by atoms with van der Waals surface area (Å²) >= 11 is 0. The van der Waals surface area contributed by atoms with E-state index in [1.54, 1.807) is 12.1 Å². The summed E-state index contributed by atoms with van der Waals surface area (Å²) in [7, 11) is -3.45. The first-order valence-electron chi connectivity index (χ1n) is 12.5. The van der Waals surface area contributed by atoms with Crippen LogP contribution in [-0.2, 0) is 16.6 Å². The fourth-order valence-corrected chi connectivity index (χ4v) is 6.73. The first-order chi connectivity index (χ1) is 17.0. The number of piperidine rings is 2. The minimum atomic E-state index is -3.45. The quantitative estimate of drug-likeness (QED) is 0.585. The Bertz CT molecular complexity index is 1190. The highest BCUT2D eigenvalue weighted by Gasteiger charge is 2.40. The summed E-state index contributed by atoms with van der Waals surface area (Å²) in [5.41, 5.74) is 2.62. The maximum Gasteiger partial charge on any atom is 0.257 e. The lowest BCUT2D eigenvalue weighted by molar-refractivity contribution is 0.00947. The molecule has 2 aromatic rings. The number of rotatable bonds is 6. The molecule has 1 aromatic carbocycles. The van der Waals surface area contributed by atoms with Crippen LogP contribution in [0.2, 0.25) is 0 Å². The molecule has 196 valence electrons. The number of aryl methyl sites for hydroxylation is 2. The van der Waals surface area contributed by atoms with Gasteiger partial charge in [0, 0.05) is 44.3 Å². The average Bonchev–Trinajstić information content (AvgIpc) is 2.82. The number of aromatic nitrogens is 2. The van der Waals surface area contributed by atoms with Gasteiger partial charge in [0.25, 0.3) is 5.91 Å². The summed E-state index contributed by atoms with van der Waals surface area (Å²) < 4.78 is 40.4. The SMILES string of the molecule is Cc1ncnc(C)c1C(=O)N1CCC(C)(N2CCC(N(Cc3cccc(F)c3)S(C)(=O)=O)CC2)CC1. The van der Waals surface area contributed by atoms with Gasteiger partial charge in [-0.25, -0.2) is 22.8 Å². The largest absolute Gasteiger partial charge is 0.338 e. The molecule has 36 heavy (non-hydrogen) atoms. The smallest absolute Gasteiger partial charge is 0.257 e. The number of nitrogens with zero attached hydrogens (tertiary/aromatic N) is 5. The predicted molar refractivity (Wildman–Crippen MR) is 136 cm³/mol.